The van der Waals surface area contributed by atoms with E-state index in [9.17, 15) is 14.7 Å². The maximum Gasteiger partial charge on any atom is 0.453 e. The molecule has 0 aliphatic carbocycles. The highest BCUT2D eigenvalue weighted by Gasteiger charge is 2.33. The summed E-state index contributed by atoms with van der Waals surface area (Å²) in [5.74, 6) is 0. The van der Waals surface area contributed by atoms with Crippen LogP contribution in [0.25, 0.3) is 5.70 Å². The summed E-state index contributed by atoms with van der Waals surface area (Å²) in [4.78, 5) is 33.4. The van der Waals surface area contributed by atoms with Crippen LogP contribution < -0.4 is 0 Å². The van der Waals surface area contributed by atoms with Crippen molar-refractivity contribution in [2.75, 3.05) is 6.61 Å². The summed E-state index contributed by atoms with van der Waals surface area (Å²) >= 11 is 0. The van der Waals surface area contributed by atoms with Crippen molar-refractivity contribution in [1.29, 1.82) is 0 Å². The second kappa shape index (κ2) is 4.51. The van der Waals surface area contributed by atoms with Crippen LogP contribution in [0.3, 0.4) is 0 Å². The van der Waals surface area contributed by atoms with Crippen LogP contribution in [0, 0.1) is 10.1 Å². The normalized spacial score (nSPS) is 15.7. The second-order valence-corrected chi connectivity index (χ2v) is 4.87. The van der Waals surface area contributed by atoms with Gasteiger partial charge in [0.25, 0.3) is 5.69 Å². The monoisotopic (exact) mass is 272 g/mol. The molecule has 9 heteroatoms. The fourth-order valence-corrected chi connectivity index (χ4v) is 2.25. The van der Waals surface area contributed by atoms with Gasteiger partial charge in [0.1, 0.15) is 0 Å². The highest BCUT2D eigenvalue weighted by Crippen LogP contribution is 2.48. The molecule has 0 spiro atoms. The minimum atomic E-state index is -4.60. The zero-order valence-electron chi connectivity index (χ0n) is 8.96. The lowest BCUT2D eigenvalue weighted by Gasteiger charge is -2.20. The molecule has 0 aromatic heterocycles. The van der Waals surface area contributed by atoms with Gasteiger partial charge in [-0.05, 0) is 6.08 Å². The highest BCUT2D eigenvalue weighted by atomic mass is 31.2. The molecule has 0 saturated heterocycles. The van der Waals surface area contributed by atoms with E-state index >= 15 is 0 Å². The molecule has 18 heavy (non-hydrogen) atoms. The number of hydrogen-bond acceptors (Lipinski definition) is 4. The number of hydroxylamine groups is 1. The third kappa shape index (κ3) is 2.41. The average Bonchev–Trinajstić information content (AvgIpc) is 2.77. The minimum Gasteiger partial charge on any atom is -0.307 e. The Kier molecular flexibility index (Phi) is 3.18. The Labute approximate surface area is 101 Å². The van der Waals surface area contributed by atoms with Crippen molar-refractivity contribution in [3.63, 3.8) is 0 Å². The molecule has 1 aliphatic heterocycles. The lowest BCUT2D eigenvalue weighted by molar-refractivity contribution is -0.384. The fourth-order valence-electron chi connectivity index (χ4n) is 1.56. The molecule has 0 atom stereocenters. The third-order valence-corrected chi connectivity index (χ3v) is 3.07. The van der Waals surface area contributed by atoms with Gasteiger partial charge in [-0.25, -0.2) is 4.57 Å². The zero-order chi connectivity index (χ0) is 13.3. The molecule has 96 valence electrons. The van der Waals surface area contributed by atoms with Gasteiger partial charge in [-0.3, -0.25) is 15.0 Å². The third-order valence-electron chi connectivity index (χ3n) is 2.27. The van der Waals surface area contributed by atoms with E-state index in [1.807, 2.05) is 0 Å². The Morgan fingerprint density at radius 3 is 2.78 bits per heavy atom. The van der Waals surface area contributed by atoms with Crippen LogP contribution in [-0.2, 0) is 9.40 Å². The van der Waals surface area contributed by atoms with Crippen molar-refractivity contribution in [2.45, 2.75) is 0 Å². The molecule has 0 radical (unpaired) electrons. The molecule has 1 aliphatic rings. The molecule has 0 unspecified atom stereocenters. The molecule has 1 heterocycles. The van der Waals surface area contributed by atoms with Gasteiger partial charge in [0.2, 0.25) is 0 Å². The first-order chi connectivity index (χ1) is 8.39. The smallest absolute Gasteiger partial charge is 0.307 e. The summed E-state index contributed by atoms with van der Waals surface area (Å²) in [6.07, 6.45) is 1.44. The first-order valence-corrected chi connectivity index (χ1v) is 6.40. The molecule has 2 N–H and O–H groups in total. The predicted molar refractivity (Wildman–Crippen MR) is 60.9 cm³/mol. The number of benzene rings is 1. The van der Waals surface area contributed by atoms with Gasteiger partial charge in [-0.1, -0.05) is 12.1 Å². The first-order valence-electron chi connectivity index (χ1n) is 4.83. The average molecular weight is 272 g/mol. The van der Waals surface area contributed by atoms with Gasteiger partial charge in [0.15, 0.2) is 0 Å². The van der Waals surface area contributed by atoms with Crippen LogP contribution in [0.2, 0.25) is 0 Å². The quantitative estimate of drug-likeness (QED) is 0.484. The van der Waals surface area contributed by atoms with Crippen molar-refractivity contribution in [3.05, 3.63) is 46.0 Å². The number of non-ortho nitro benzene ring substituents is 1. The molecule has 0 bridgehead atoms. The van der Waals surface area contributed by atoms with Crippen LogP contribution in [0.4, 0.5) is 5.69 Å². The molecule has 2 rings (SSSR count). The van der Waals surface area contributed by atoms with Gasteiger partial charge in [0, 0.05) is 17.7 Å². The van der Waals surface area contributed by atoms with E-state index in [0.29, 0.717) is 10.4 Å². The van der Waals surface area contributed by atoms with Crippen molar-refractivity contribution in [3.8, 4) is 0 Å². The SMILES string of the molecule is O=[N+]([O-])c1cccc(C2=CCON2P(=O)(O)O)c1. The highest BCUT2D eigenvalue weighted by molar-refractivity contribution is 7.49. The van der Waals surface area contributed by atoms with Gasteiger partial charge in [-0.2, -0.15) is 4.83 Å². The number of nitro groups is 1. The Balaban J connectivity index is 2.40. The van der Waals surface area contributed by atoms with Gasteiger partial charge in [-0.15, -0.1) is 0 Å². The molecular weight excluding hydrogens is 263 g/mol. The Morgan fingerprint density at radius 2 is 2.17 bits per heavy atom. The van der Waals surface area contributed by atoms with Crippen LogP contribution >= 0.6 is 7.75 Å². The molecule has 0 fully saturated rings. The second-order valence-electron chi connectivity index (χ2n) is 3.48. The summed E-state index contributed by atoms with van der Waals surface area (Å²) in [6, 6.07) is 5.46. The van der Waals surface area contributed by atoms with E-state index in [1.54, 1.807) is 0 Å². The maximum absolute atomic E-state index is 11.2. The van der Waals surface area contributed by atoms with E-state index < -0.39 is 12.7 Å². The van der Waals surface area contributed by atoms with Crippen molar-refractivity contribution in [1.82, 2.24) is 4.83 Å². The standard InChI is InChI=1S/C9H9N2O6P/c12-10(13)8-3-1-2-7(6-8)9-4-5-17-11(9)18(14,15)16/h1-4,6H,5H2,(H2,14,15,16). The first kappa shape index (κ1) is 12.7. The largest absolute Gasteiger partial charge is 0.453 e. The summed E-state index contributed by atoms with van der Waals surface area (Å²) in [7, 11) is -4.60. The van der Waals surface area contributed by atoms with Crippen molar-refractivity contribution in [2.24, 2.45) is 0 Å². The van der Waals surface area contributed by atoms with Crippen LogP contribution in [0.15, 0.2) is 30.3 Å². The van der Waals surface area contributed by atoms with Crippen LogP contribution in [0.5, 0.6) is 0 Å². The lowest BCUT2D eigenvalue weighted by atomic mass is 10.1. The van der Waals surface area contributed by atoms with E-state index in [1.165, 1.54) is 30.3 Å². The van der Waals surface area contributed by atoms with E-state index in [-0.39, 0.29) is 18.0 Å². The molecule has 0 amide bonds. The zero-order valence-corrected chi connectivity index (χ0v) is 9.86. The van der Waals surface area contributed by atoms with Crippen LogP contribution in [-0.4, -0.2) is 26.2 Å². The van der Waals surface area contributed by atoms with Gasteiger partial charge >= 0.3 is 7.75 Å². The molecular formula is C9H9N2O6P. The van der Waals surface area contributed by atoms with Crippen LogP contribution in [0.1, 0.15) is 5.56 Å². The number of nitro benzene ring substituents is 1. The Morgan fingerprint density at radius 1 is 1.44 bits per heavy atom. The Bertz CT molecular complexity index is 566. The number of rotatable bonds is 3. The van der Waals surface area contributed by atoms with E-state index in [0.717, 1.165) is 0 Å². The summed E-state index contributed by atoms with van der Waals surface area (Å²) in [5.41, 5.74) is 0.267. The fraction of sp³-hybridized carbons (Fsp3) is 0.111. The molecule has 8 nitrogen and oxygen atoms in total. The van der Waals surface area contributed by atoms with E-state index in [4.69, 9.17) is 14.6 Å². The summed E-state index contributed by atoms with van der Waals surface area (Å²) < 4.78 is 11.2. The molecule has 1 aromatic rings. The van der Waals surface area contributed by atoms with Gasteiger partial charge in [0.05, 0.1) is 17.2 Å². The predicted octanol–water partition coefficient (Wildman–Crippen LogP) is 1.28. The summed E-state index contributed by atoms with van der Waals surface area (Å²) in [5, 5.41) is 10.6. The topological polar surface area (TPSA) is 113 Å². The molecule has 1 aromatic carbocycles. The molecule has 0 saturated carbocycles. The van der Waals surface area contributed by atoms with Gasteiger partial charge < -0.3 is 9.79 Å². The lowest BCUT2D eigenvalue weighted by Crippen LogP contribution is -2.14. The maximum atomic E-state index is 11.2. The summed E-state index contributed by atoms with van der Waals surface area (Å²) in [6.45, 7) is 0.00311. The van der Waals surface area contributed by atoms with Crippen molar-refractivity contribution >= 4 is 19.1 Å². The number of nitrogens with zero attached hydrogens (tertiary/aromatic N) is 2. The Hall–Kier alpha value is -1.73. The van der Waals surface area contributed by atoms with Crippen molar-refractivity contribution < 1.29 is 24.1 Å². The number of hydrogen-bond donors (Lipinski definition) is 2. The minimum absolute atomic E-state index is 0.00311. The van der Waals surface area contributed by atoms with E-state index in [2.05, 4.69) is 0 Å².